The average molecular weight is 390 g/mol. The number of hydrogen-bond donors (Lipinski definition) is 1. The van der Waals surface area contributed by atoms with Gasteiger partial charge in [0, 0.05) is 11.0 Å². The van der Waals surface area contributed by atoms with Crippen LogP contribution in [-0.4, -0.2) is 19.6 Å². The van der Waals surface area contributed by atoms with Crippen LogP contribution in [0.5, 0.6) is 5.75 Å². The standard InChI is InChI=1S/C20H24BrNO2/c1-20(2,13-16-4-8-17(21)9-5-16)14-22-19(23)12-15-6-10-18(24-3)11-7-15/h4-11H,12-14H2,1-3H3,(H,22,23). The lowest BCUT2D eigenvalue weighted by Crippen LogP contribution is -2.36. The zero-order valence-electron chi connectivity index (χ0n) is 14.4. The van der Waals surface area contributed by atoms with Gasteiger partial charge < -0.3 is 10.1 Å². The Kier molecular flexibility index (Phi) is 6.44. The first-order chi connectivity index (χ1) is 11.4. The van der Waals surface area contributed by atoms with E-state index in [2.05, 4.69) is 47.2 Å². The van der Waals surface area contributed by atoms with Gasteiger partial charge in [0.25, 0.3) is 0 Å². The largest absolute Gasteiger partial charge is 0.497 e. The van der Waals surface area contributed by atoms with E-state index in [0.717, 1.165) is 22.2 Å². The van der Waals surface area contributed by atoms with Crippen LogP contribution in [0, 0.1) is 5.41 Å². The van der Waals surface area contributed by atoms with Crippen molar-refractivity contribution in [3.8, 4) is 5.75 Å². The second-order valence-corrected chi connectivity index (χ2v) is 7.68. The molecule has 128 valence electrons. The smallest absolute Gasteiger partial charge is 0.224 e. The van der Waals surface area contributed by atoms with Gasteiger partial charge in [-0.3, -0.25) is 4.79 Å². The lowest BCUT2D eigenvalue weighted by molar-refractivity contribution is -0.120. The summed E-state index contributed by atoms with van der Waals surface area (Å²) < 4.78 is 6.21. The van der Waals surface area contributed by atoms with E-state index in [-0.39, 0.29) is 11.3 Å². The Hall–Kier alpha value is -1.81. The predicted molar refractivity (Wildman–Crippen MR) is 101 cm³/mol. The molecule has 1 amide bonds. The van der Waals surface area contributed by atoms with E-state index in [1.807, 2.05) is 36.4 Å². The van der Waals surface area contributed by atoms with Gasteiger partial charge in [-0.15, -0.1) is 0 Å². The molecule has 2 rings (SSSR count). The topological polar surface area (TPSA) is 38.3 Å². The third kappa shape index (κ3) is 6.00. The second-order valence-electron chi connectivity index (χ2n) is 6.77. The third-order valence-corrected chi connectivity index (χ3v) is 4.41. The Morgan fingerprint density at radius 3 is 2.21 bits per heavy atom. The van der Waals surface area contributed by atoms with Gasteiger partial charge in [-0.25, -0.2) is 0 Å². The summed E-state index contributed by atoms with van der Waals surface area (Å²) in [6.45, 7) is 4.99. The van der Waals surface area contributed by atoms with Crippen LogP contribution in [0.1, 0.15) is 25.0 Å². The maximum atomic E-state index is 12.2. The van der Waals surface area contributed by atoms with Gasteiger partial charge in [-0.05, 0) is 47.2 Å². The van der Waals surface area contributed by atoms with Gasteiger partial charge in [0.1, 0.15) is 5.75 Å². The SMILES string of the molecule is COc1ccc(CC(=O)NCC(C)(C)Cc2ccc(Br)cc2)cc1. The van der Waals surface area contributed by atoms with Crippen LogP contribution in [0.15, 0.2) is 53.0 Å². The van der Waals surface area contributed by atoms with Gasteiger partial charge in [0.2, 0.25) is 5.91 Å². The van der Waals surface area contributed by atoms with Crippen LogP contribution in [0.3, 0.4) is 0 Å². The molecule has 2 aromatic rings. The number of ether oxygens (including phenoxy) is 1. The number of amides is 1. The minimum absolute atomic E-state index is 0.00337. The van der Waals surface area contributed by atoms with Gasteiger partial charge in [-0.2, -0.15) is 0 Å². The number of carbonyl (C=O) groups excluding carboxylic acids is 1. The van der Waals surface area contributed by atoms with Crippen LogP contribution >= 0.6 is 15.9 Å². The highest BCUT2D eigenvalue weighted by molar-refractivity contribution is 9.10. The van der Waals surface area contributed by atoms with Crippen molar-refractivity contribution in [1.82, 2.24) is 5.32 Å². The number of hydrogen-bond acceptors (Lipinski definition) is 2. The molecule has 0 spiro atoms. The zero-order valence-corrected chi connectivity index (χ0v) is 16.0. The van der Waals surface area contributed by atoms with E-state index in [9.17, 15) is 4.79 Å². The Morgan fingerprint density at radius 1 is 1.04 bits per heavy atom. The molecule has 0 radical (unpaired) electrons. The molecule has 1 N–H and O–H groups in total. The quantitative estimate of drug-likeness (QED) is 0.762. The number of benzene rings is 2. The highest BCUT2D eigenvalue weighted by Crippen LogP contribution is 2.22. The van der Waals surface area contributed by atoms with Gasteiger partial charge in [0.15, 0.2) is 0 Å². The first-order valence-corrected chi connectivity index (χ1v) is 8.81. The van der Waals surface area contributed by atoms with Crippen molar-refractivity contribution in [2.75, 3.05) is 13.7 Å². The maximum Gasteiger partial charge on any atom is 0.224 e. The van der Waals surface area contributed by atoms with E-state index in [1.54, 1.807) is 7.11 Å². The number of rotatable bonds is 7. The highest BCUT2D eigenvalue weighted by atomic mass is 79.9. The van der Waals surface area contributed by atoms with Crippen LogP contribution < -0.4 is 10.1 Å². The summed E-state index contributed by atoms with van der Waals surface area (Å²) in [7, 11) is 1.63. The summed E-state index contributed by atoms with van der Waals surface area (Å²) >= 11 is 3.45. The molecule has 0 heterocycles. The molecule has 0 aliphatic heterocycles. The van der Waals surface area contributed by atoms with Crippen LogP contribution in [0.2, 0.25) is 0 Å². The first-order valence-electron chi connectivity index (χ1n) is 8.02. The minimum Gasteiger partial charge on any atom is -0.497 e. The molecule has 24 heavy (non-hydrogen) atoms. The first kappa shape index (κ1) is 18.5. The van der Waals surface area contributed by atoms with Crippen molar-refractivity contribution in [3.63, 3.8) is 0 Å². The third-order valence-electron chi connectivity index (χ3n) is 3.88. The minimum atomic E-state index is 0.00337. The van der Waals surface area contributed by atoms with Crippen LogP contribution in [0.25, 0.3) is 0 Å². The molecule has 0 aromatic heterocycles. The molecule has 4 heteroatoms. The Balaban J connectivity index is 1.83. The molecule has 0 aliphatic rings. The number of methoxy groups -OCH3 is 1. The lowest BCUT2D eigenvalue weighted by atomic mass is 9.85. The number of nitrogens with one attached hydrogen (secondary N) is 1. The fraction of sp³-hybridized carbons (Fsp3) is 0.350. The molecule has 0 bridgehead atoms. The monoisotopic (exact) mass is 389 g/mol. The molecular weight excluding hydrogens is 366 g/mol. The van der Waals surface area contributed by atoms with Crippen molar-refractivity contribution >= 4 is 21.8 Å². The number of carbonyl (C=O) groups is 1. The van der Waals surface area contributed by atoms with E-state index >= 15 is 0 Å². The van der Waals surface area contributed by atoms with Crippen molar-refractivity contribution < 1.29 is 9.53 Å². The molecule has 0 fully saturated rings. The van der Waals surface area contributed by atoms with Crippen LogP contribution in [-0.2, 0) is 17.6 Å². The van der Waals surface area contributed by atoms with E-state index in [1.165, 1.54) is 5.56 Å². The summed E-state index contributed by atoms with van der Waals surface area (Å²) in [6, 6.07) is 15.9. The summed E-state index contributed by atoms with van der Waals surface area (Å²) in [4.78, 5) is 12.2. The molecule has 0 saturated heterocycles. The van der Waals surface area contributed by atoms with Gasteiger partial charge in [-0.1, -0.05) is 54.0 Å². The Labute approximate surface area is 152 Å². The Bertz CT molecular complexity index is 663. The average Bonchev–Trinajstić information content (AvgIpc) is 2.56. The van der Waals surface area contributed by atoms with Crippen molar-refractivity contribution in [2.45, 2.75) is 26.7 Å². The number of halogens is 1. The molecule has 0 atom stereocenters. The molecule has 0 aliphatic carbocycles. The van der Waals surface area contributed by atoms with E-state index in [0.29, 0.717) is 13.0 Å². The van der Waals surface area contributed by atoms with Crippen LogP contribution in [0.4, 0.5) is 0 Å². The van der Waals surface area contributed by atoms with E-state index < -0.39 is 0 Å². The molecule has 3 nitrogen and oxygen atoms in total. The zero-order chi connectivity index (χ0) is 17.6. The van der Waals surface area contributed by atoms with Crippen molar-refractivity contribution in [2.24, 2.45) is 5.41 Å². The second kappa shape index (κ2) is 8.34. The summed E-state index contributed by atoms with van der Waals surface area (Å²) in [5.41, 5.74) is 2.26. The summed E-state index contributed by atoms with van der Waals surface area (Å²) in [5.74, 6) is 0.846. The Morgan fingerprint density at radius 2 is 1.62 bits per heavy atom. The normalized spacial score (nSPS) is 11.2. The lowest BCUT2D eigenvalue weighted by Gasteiger charge is -2.25. The van der Waals surface area contributed by atoms with Gasteiger partial charge >= 0.3 is 0 Å². The fourth-order valence-corrected chi connectivity index (χ4v) is 2.81. The molecular formula is C20H24BrNO2. The van der Waals surface area contributed by atoms with E-state index in [4.69, 9.17) is 4.74 Å². The summed E-state index contributed by atoms with van der Waals surface area (Å²) in [6.07, 6.45) is 1.31. The van der Waals surface area contributed by atoms with Gasteiger partial charge in [0.05, 0.1) is 13.5 Å². The van der Waals surface area contributed by atoms with Crippen molar-refractivity contribution in [3.05, 3.63) is 64.1 Å². The molecule has 0 saturated carbocycles. The maximum absolute atomic E-state index is 12.2. The van der Waals surface area contributed by atoms with Crippen molar-refractivity contribution in [1.29, 1.82) is 0 Å². The fourth-order valence-electron chi connectivity index (χ4n) is 2.55. The summed E-state index contributed by atoms with van der Waals surface area (Å²) in [5, 5.41) is 3.05. The highest BCUT2D eigenvalue weighted by Gasteiger charge is 2.19. The predicted octanol–water partition coefficient (Wildman–Crippen LogP) is 4.39. The molecule has 0 unspecified atom stereocenters. The molecule has 2 aromatic carbocycles.